The van der Waals surface area contributed by atoms with Gasteiger partial charge in [-0.1, -0.05) is 43.5 Å². The Labute approximate surface area is 158 Å². The first kappa shape index (κ1) is 20.7. The summed E-state index contributed by atoms with van der Waals surface area (Å²) >= 11 is 0. The topological polar surface area (TPSA) is 65.9 Å². The Balaban J connectivity index is 1.94. The number of nitrogens with zero attached hydrogens (tertiary/aromatic N) is 1. The van der Waals surface area contributed by atoms with Gasteiger partial charge in [0, 0.05) is 26.8 Å². The zero-order valence-electron chi connectivity index (χ0n) is 16.4. The van der Waals surface area contributed by atoms with Gasteiger partial charge in [0.1, 0.15) is 0 Å². The lowest BCUT2D eigenvalue weighted by molar-refractivity contribution is 0.131. The van der Waals surface area contributed by atoms with Crippen LogP contribution >= 0.6 is 0 Å². The number of guanidine groups is 1. The molecular weight excluding hydrogens is 326 g/mol. The largest absolute Gasteiger partial charge is 0.396 e. The summed E-state index contributed by atoms with van der Waals surface area (Å²) in [6.07, 6.45) is 7.12. The maximum absolute atomic E-state index is 9.48. The molecule has 2 rings (SSSR count). The van der Waals surface area contributed by atoms with Crippen LogP contribution in [-0.2, 0) is 17.9 Å². The fraction of sp³-hybridized carbons (Fsp3) is 0.667. The van der Waals surface area contributed by atoms with Crippen LogP contribution in [0.1, 0.15) is 56.6 Å². The molecule has 1 fully saturated rings. The lowest BCUT2D eigenvalue weighted by Gasteiger charge is -2.37. The predicted molar refractivity (Wildman–Crippen MR) is 107 cm³/mol. The molecule has 1 aliphatic carbocycles. The fourth-order valence-corrected chi connectivity index (χ4v) is 3.74. The summed E-state index contributed by atoms with van der Waals surface area (Å²) in [6, 6.07) is 8.39. The number of nitrogens with one attached hydrogen (secondary N) is 2. The second-order valence-corrected chi connectivity index (χ2v) is 7.33. The second-order valence-electron chi connectivity index (χ2n) is 7.33. The molecule has 1 saturated carbocycles. The number of ether oxygens (including phenoxy) is 1. The van der Waals surface area contributed by atoms with Crippen molar-refractivity contribution in [2.24, 2.45) is 10.4 Å². The van der Waals surface area contributed by atoms with Crippen LogP contribution in [0, 0.1) is 5.41 Å². The summed E-state index contributed by atoms with van der Waals surface area (Å²) in [5.41, 5.74) is 2.57. The molecule has 26 heavy (non-hydrogen) atoms. The van der Waals surface area contributed by atoms with Crippen molar-refractivity contribution in [1.29, 1.82) is 0 Å². The van der Waals surface area contributed by atoms with E-state index in [1.54, 1.807) is 7.11 Å². The quantitative estimate of drug-likeness (QED) is 0.467. The Morgan fingerprint density at radius 3 is 2.42 bits per heavy atom. The van der Waals surface area contributed by atoms with Crippen molar-refractivity contribution in [3.05, 3.63) is 35.4 Å². The molecule has 0 heterocycles. The maximum atomic E-state index is 9.48. The van der Waals surface area contributed by atoms with E-state index in [1.807, 2.05) is 0 Å². The molecule has 0 spiro atoms. The molecule has 3 N–H and O–H groups in total. The van der Waals surface area contributed by atoms with Crippen LogP contribution in [0.15, 0.2) is 29.3 Å². The van der Waals surface area contributed by atoms with Gasteiger partial charge in [-0.3, -0.25) is 0 Å². The van der Waals surface area contributed by atoms with E-state index in [-0.39, 0.29) is 12.0 Å². The molecule has 1 aromatic carbocycles. The first-order chi connectivity index (χ1) is 12.7. The lowest BCUT2D eigenvalue weighted by atomic mass is 9.72. The average molecular weight is 362 g/mol. The highest BCUT2D eigenvalue weighted by molar-refractivity contribution is 5.79. The molecule has 0 saturated heterocycles. The van der Waals surface area contributed by atoms with E-state index in [9.17, 15) is 5.11 Å². The van der Waals surface area contributed by atoms with Crippen molar-refractivity contribution >= 4 is 5.96 Å². The first-order valence-electron chi connectivity index (χ1n) is 9.91. The summed E-state index contributed by atoms with van der Waals surface area (Å²) in [6.45, 7) is 5.36. The lowest BCUT2D eigenvalue weighted by Crippen LogP contribution is -2.44. The van der Waals surface area contributed by atoms with Crippen LogP contribution in [0.4, 0.5) is 0 Å². The summed E-state index contributed by atoms with van der Waals surface area (Å²) < 4.78 is 5.15. The van der Waals surface area contributed by atoms with E-state index in [1.165, 1.54) is 43.2 Å². The highest BCUT2D eigenvalue weighted by atomic mass is 16.5. The van der Waals surface area contributed by atoms with Crippen LogP contribution in [-0.4, -0.2) is 37.9 Å². The molecule has 0 aromatic heterocycles. The van der Waals surface area contributed by atoms with E-state index in [4.69, 9.17) is 9.73 Å². The van der Waals surface area contributed by atoms with Gasteiger partial charge in [-0.25, -0.2) is 4.99 Å². The normalized spacial score (nSPS) is 17.1. The van der Waals surface area contributed by atoms with E-state index < -0.39 is 0 Å². The molecule has 5 heteroatoms. The smallest absolute Gasteiger partial charge is 0.191 e. The van der Waals surface area contributed by atoms with E-state index >= 15 is 0 Å². The number of hydrogen-bond donors (Lipinski definition) is 3. The van der Waals surface area contributed by atoms with Gasteiger partial charge in [-0.05, 0) is 42.7 Å². The van der Waals surface area contributed by atoms with Gasteiger partial charge in [0.05, 0.1) is 13.2 Å². The molecule has 5 nitrogen and oxygen atoms in total. The third-order valence-electron chi connectivity index (χ3n) is 5.29. The monoisotopic (exact) mass is 361 g/mol. The van der Waals surface area contributed by atoms with Gasteiger partial charge in [0.25, 0.3) is 0 Å². The summed E-state index contributed by atoms with van der Waals surface area (Å²) in [7, 11) is 1.71. The van der Waals surface area contributed by atoms with Crippen LogP contribution in [0.2, 0.25) is 0 Å². The Hall–Kier alpha value is -1.59. The van der Waals surface area contributed by atoms with Crippen molar-refractivity contribution in [1.82, 2.24) is 10.6 Å². The molecule has 0 amide bonds. The van der Waals surface area contributed by atoms with Crippen molar-refractivity contribution in [2.45, 2.75) is 58.6 Å². The SMILES string of the molecule is CCNC(=NCc1ccc(COC)cc1)NCC1(CCO)CCCCC1. The molecule has 1 aromatic rings. The summed E-state index contributed by atoms with van der Waals surface area (Å²) in [5.74, 6) is 0.858. The number of aliphatic imine (C=N–C) groups is 1. The highest BCUT2D eigenvalue weighted by Gasteiger charge is 2.31. The molecule has 146 valence electrons. The summed E-state index contributed by atoms with van der Waals surface area (Å²) in [4.78, 5) is 4.74. The minimum atomic E-state index is 0.213. The molecule has 0 aliphatic heterocycles. The summed E-state index contributed by atoms with van der Waals surface area (Å²) in [5, 5.41) is 16.3. The van der Waals surface area contributed by atoms with Gasteiger partial charge >= 0.3 is 0 Å². The maximum Gasteiger partial charge on any atom is 0.191 e. The first-order valence-corrected chi connectivity index (χ1v) is 9.91. The van der Waals surface area contributed by atoms with Gasteiger partial charge in [0.2, 0.25) is 0 Å². The van der Waals surface area contributed by atoms with Gasteiger partial charge < -0.3 is 20.5 Å². The third kappa shape index (κ3) is 6.61. The fourth-order valence-electron chi connectivity index (χ4n) is 3.74. The zero-order valence-corrected chi connectivity index (χ0v) is 16.4. The molecular formula is C21H35N3O2. The molecule has 0 unspecified atom stereocenters. The Bertz CT molecular complexity index is 531. The predicted octanol–water partition coefficient (Wildman–Crippen LogP) is 3.22. The second kappa shape index (κ2) is 11.2. The Kier molecular flexibility index (Phi) is 8.92. The van der Waals surface area contributed by atoms with Crippen LogP contribution < -0.4 is 10.6 Å². The standard InChI is InChI=1S/C21H35N3O2/c1-3-22-20(23-15-18-7-9-19(10-8-18)16-26-2)24-17-21(13-14-25)11-5-4-6-12-21/h7-10,25H,3-6,11-17H2,1-2H3,(H2,22,23,24). The molecule has 0 bridgehead atoms. The van der Waals surface area contributed by atoms with Crippen molar-refractivity contribution in [3.8, 4) is 0 Å². The van der Waals surface area contributed by atoms with Crippen LogP contribution in [0.5, 0.6) is 0 Å². The molecule has 0 radical (unpaired) electrons. The van der Waals surface area contributed by atoms with Crippen molar-refractivity contribution < 1.29 is 9.84 Å². The average Bonchev–Trinajstić information content (AvgIpc) is 2.66. The highest BCUT2D eigenvalue weighted by Crippen LogP contribution is 2.38. The van der Waals surface area contributed by atoms with Gasteiger partial charge in [-0.15, -0.1) is 0 Å². The number of methoxy groups -OCH3 is 1. The van der Waals surface area contributed by atoms with Crippen molar-refractivity contribution in [3.63, 3.8) is 0 Å². The number of aliphatic hydroxyl groups is 1. The number of benzene rings is 1. The number of aliphatic hydroxyl groups excluding tert-OH is 1. The molecule has 1 aliphatic rings. The third-order valence-corrected chi connectivity index (χ3v) is 5.29. The number of hydrogen-bond acceptors (Lipinski definition) is 3. The van der Waals surface area contributed by atoms with E-state index in [2.05, 4.69) is 41.8 Å². The Morgan fingerprint density at radius 1 is 1.12 bits per heavy atom. The van der Waals surface area contributed by atoms with Gasteiger partial charge in [0.15, 0.2) is 5.96 Å². The van der Waals surface area contributed by atoms with Crippen LogP contribution in [0.25, 0.3) is 0 Å². The van der Waals surface area contributed by atoms with Crippen LogP contribution in [0.3, 0.4) is 0 Å². The van der Waals surface area contributed by atoms with E-state index in [0.717, 1.165) is 25.5 Å². The zero-order chi connectivity index (χ0) is 18.7. The van der Waals surface area contributed by atoms with Crippen molar-refractivity contribution in [2.75, 3.05) is 26.8 Å². The van der Waals surface area contributed by atoms with Gasteiger partial charge in [-0.2, -0.15) is 0 Å². The van der Waals surface area contributed by atoms with E-state index in [0.29, 0.717) is 13.2 Å². The minimum absolute atomic E-state index is 0.213. The molecule has 0 atom stereocenters. The number of rotatable bonds is 9. The Morgan fingerprint density at radius 2 is 1.81 bits per heavy atom. The minimum Gasteiger partial charge on any atom is -0.396 e.